The van der Waals surface area contributed by atoms with E-state index in [1.807, 2.05) is 6.92 Å². The molecule has 0 atom stereocenters. The summed E-state index contributed by atoms with van der Waals surface area (Å²) < 4.78 is 5.35. The van der Waals surface area contributed by atoms with E-state index < -0.39 is 0 Å². The number of anilines is 1. The molecule has 0 fully saturated rings. The van der Waals surface area contributed by atoms with Gasteiger partial charge in [-0.25, -0.2) is 0 Å². The Morgan fingerprint density at radius 1 is 1.24 bits per heavy atom. The number of rotatable bonds is 4. The van der Waals surface area contributed by atoms with Crippen molar-refractivity contribution in [3.05, 3.63) is 52.0 Å². The number of halogens is 2. The van der Waals surface area contributed by atoms with E-state index in [4.69, 9.17) is 27.9 Å². The standard InChI is InChI=1S/C15H13Cl2NO3/c1-2-21-11-5-3-4-9(6-11)15(20)18-10-7-12(16)14(19)13(17)8-10/h3-8,19H,2H2,1H3,(H,18,20). The van der Waals surface area contributed by atoms with Crippen molar-refractivity contribution in [1.29, 1.82) is 0 Å². The number of benzene rings is 2. The highest BCUT2D eigenvalue weighted by molar-refractivity contribution is 6.37. The van der Waals surface area contributed by atoms with E-state index in [1.54, 1.807) is 24.3 Å². The first kappa shape index (κ1) is 15.5. The molecule has 4 nitrogen and oxygen atoms in total. The molecule has 0 aliphatic carbocycles. The Hall–Kier alpha value is -1.91. The first-order chi connectivity index (χ1) is 10.0. The zero-order valence-corrected chi connectivity index (χ0v) is 12.7. The Morgan fingerprint density at radius 2 is 1.90 bits per heavy atom. The minimum atomic E-state index is -0.325. The summed E-state index contributed by atoms with van der Waals surface area (Å²) in [5, 5.41) is 12.3. The van der Waals surface area contributed by atoms with Crippen LogP contribution in [0.2, 0.25) is 10.0 Å². The number of phenolic OH excluding ortho intramolecular Hbond substituents is 1. The smallest absolute Gasteiger partial charge is 0.255 e. The molecule has 0 aliphatic heterocycles. The largest absolute Gasteiger partial charge is 0.505 e. The minimum Gasteiger partial charge on any atom is -0.505 e. The van der Waals surface area contributed by atoms with Gasteiger partial charge in [-0.15, -0.1) is 0 Å². The lowest BCUT2D eigenvalue weighted by Crippen LogP contribution is -2.12. The summed E-state index contributed by atoms with van der Waals surface area (Å²) in [7, 11) is 0. The summed E-state index contributed by atoms with van der Waals surface area (Å²) >= 11 is 11.6. The molecule has 2 aromatic carbocycles. The fourth-order valence-electron chi connectivity index (χ4n) is 1.73. The number of phenols is 1. The third-order valence-corrected chi connectivity index (χ3v) is 3.26. The second kappa shape index (κ2) is 6.70. The van der Waals surface area contributed by atoms with Crippen LogP contribution in [0.3, 0.4) is 0 Å². The van der Waals surface area contributed by atoms with Crippen molar-refractivity contribution < 1.29 is 14.6 Å². The van der Waals surface area contributed by atoms with Gasteiger partial charge in [0.2, 0.25) is 0 Å². The van der Waals surface area contributed by atoms with Gasteiger partial charge in [-0.3, -0.25) is 4.79 Å². The summed E-state index contributed by atoms with van der Waals surface area (Å²) in [5.74, 6) is 0.0796. The number of nitrogens with one attached hydrogen (secondary N) is 1. The zero-order chi connectivity index (χ0) is 15.4. The van der Waals surface area contributed by atoms with E-state index in [0.717, 1.165) is 0 Å². The van der Waals surface area contributed by atoms with E-state index in [-0.39, 0.29) is 21.7 Å². The van der Waals surface area contributed by atoms with Crippen molar-refractivity contribution in [2.24, 2.45) is 0 Å². The van der Waals surface area contributed by atoms with Crippen LogP contribution in [0.4, 0.5) is 5.69 Å². The van der Waals surface area contributed by atoms with E-state index in [9.17, 15) is 9.90 Å². The third kappa shape index (κ3) is 3.80. The maximum atomic E-state index is 12.2. The summed E-state index contributed by atoms with van der Waals surface area (Å²) in [5.41, 5.74) is 0.843. The first-order valence-electron chi connectivity index (χ1n) is 6.23. The maximum absolute atomic E-state index is 12.2. The van der Waals surface area contributed by atoms with Crippen molar-refractivity contribution in [1.82, 2.24) is 0 Å². The van der Waals surface area contributed by atoms with Gasteiger partial charge in [0.05, 0.1) is 16.7 Å². The number of carbonyl (C=O) groups is 1. The van der Waals surface area contributed by atoms with Gasteiger partial charge >= 0.3 is 0 Å². The SMILES string of the molecule is CCOc1cccc(C(=O)Nc2cc(Cl)c(O)c(Cl)c2)c1. The zero-order valence-electron chi connectivity index (χ0n) is 11.2. The highest BCUT2D eigenvalue weighted by Gasteiger charge is 2.11. The van der Waals surface area contributed by atoms with Crippen molar-refractivity contribution in [3.63, 3.8) is 0 Å². The van der Waals surface area contributed by atoms with E-state index in [2.05, 4.69) is 5.32 Å². The fourth-order valence-corrected chi connectivity index (χ4v) is 2.22. The third-order valence-electron chi connectivity index (χ3n) is 2.68. The molecule has 2 rings (SSSR count). The number of ether oxygens (including phenoxy) is 1. The molecule has 2 N–H and O–H groups in total. The lowest BCUT2D eigenvalue weighted by atomic mass is 10.2. The lowest BCUT2D eigenvalue weighted by Gasteiger charge is -2.09. The Kier molecular flexibility index (Phi) is 4.94. The van der Waals surface area contributed by atoms with Gasteiger partial charge < -0.3 is 15.2 Å². The average Bonchev–Trinajstić information content (AvgIpc) is 2.45. The number of hydrogen-bond acceptors (Lipinski definition) is 3. The van der Waals surface area contributed by atoms with Crippen LogP contribution in [-0.4, -0.2) is 17.6 Å². The number of hydrogen-bond donors (Lipinski definition) is 2. The molecule has 0 aromatic heterocycles. The molecule has 0 saturated heterocycles. The average molecular weight is 326 g/mol. The predicted molar refractivity (Wildman–Crippen MR) is 83.7 cm³/mol. The number of carbonyl (C=O) groups excluding carboxylic acids is 1. The maximum Gasteiger partial charge on any atom is 0.255 e. The second-order valence-corrected chi connectivity index (χ2v) is 5.02. The van der Waals surface area contributed by atoms with Gasteiger partial charge in [0.25, 0.3) is 5.91 Å². The first-order valence-corrected chi connectivity index (χ1v) is 6.99. The van der Waals surface area contributed by atoms with E-state index in [0.29, 0.717) is 23.6 Å². The normalized spacial score (nSPS) is 10.2. The molecule has 0 heterocycles. The topological polar surface area (TPSA) is 58.6 Å². The van der Waals surface area contributed by atoms with Crippen molar-refractivity contribution in [2.75, 3.05) is 11.9 Å². The summed E-state index contributed by atoms with van der Waals surface area (Å²) in [4.78, 5) is 12.2. The van der Waals surface area contributed by atoms with Crippen molar-refractivity contribution in [3.8, 4) is 11.5 Å². The highest BCUT2D eigenvalue weighted by Crippen LogP contribution is 2.34. The molecule has 0 radical (unpaired) electrons. The van der Waals surface area contributed by atoms with Crippen LogP contribution >= 0.6 is 23.2 Å². The molecule has 1 amide bonds. The number of amides is 1. The van der Waals surface area contributed by atoms with Crippen LogP contribution in [0.5, 0.6) is 11.5 Å². The molecule has 6 heteroatoms. The molecule has 0 unspecified atom stereocenters. The Balaban J connectivity index is 2.20. The second-order valence-electron chi connectivity index (χ2n) is 4.20. The lowest BCUT2D eigenvalue weighted by molar-refractivity contribution is 0.102. The van der Waals surface area contributed by atoms with Gasteiger partial charge in [0.15, 0.2) is 5.75 Å². The molecular weight excluding hydrogens is 313 g/mol. The fraction of sp³-hybridized carbons (Fsp3) is 0.133. The van der Waals surface area contributed by atoms with Crippen LogP contribution in [0, 0.1) is 0 Å². The van der Waals surface area contributed by atoms with Crippen LogP contribution in [0.1, 0.15) is 17.3 Å². The molecular formula is C15H13Cl2NO3. The van der Waals surface area contributed by atoms with Crippen LogP contribution in [0.25, 0.3) is 0 Å². The van der Waals surface area contributed by atoms with Crippen LogP contribution in [-0.2, 0) is 0 Å². The van der Waals surface area contributed by atoms with Gasteiger partial charge in [-0.2, -0.15) is 0 Å². The van der Waals surface area contributed by atoms with E-state index in [1.165, 1.54) is 12.1 Å². The van der Waals surface area contributed by atoms with Crippen LogP contribution < -0.4 is 10.1 Å². The highest BCUT2D eigenvalue weighted by atomic mass is 35.5. The Bertz CT molecular complexity index is 651. The Morgan fingerprint density at radius 3 is 2.52 bits per heavy atom. The molecule has 0 saturated carbocycles. The molecule has 0 aliphatic rings. The Labute approximate surface area is 132 Å². The summed E-state index contributed by atoms with van der Waals surface area (Å²) in [6.45, 7) is 2.39. The van der Waals surface area contributed by atoms with Crippen molar-refractivity contribution in [2.45, 2.75) is 6.92 Å². The monoisotopic (exact) mass is 325 g/mol. The molecule has 0 spiro atoms. The molecule has 0 bridgehead atoms. The summed E-state index contributed by atoms with van der Waals surface area (Å²) in [6, 6.07) is 9.66. The molecule has 21 heavy (non-hydrogen) atoms. The number of aromatic hydroxyl groups is 1. The molecule has 110 valence electrons. The predicted octanol–water partition coefficient (Wildman–Crippen LogP) is 4.35. The molecule has 2 aromatic rings. The quantitative estimate of drug-likeness (QED) is 0.821. The van der Waals surface area contributed by atoms with Crippen molar-refractivity contribution >= 4 is 34.8 Å². The minimum absolute atomic E-state index is 0.0702. The van der Waals surface area contributed by atoms with E-state index >= 15 is 0 Å². The van der Waals surface area contributed by atoms with Gasteiger partial charge in [-0.05, 0) is 37.3 Å². The van der Waals surface area contributed by atoms with Gasteiger partial charge in [0.1, 0.15) is 5.75 Å². The summed E-state index contributed by atoms with van der Waals surface area (Å²) in [6.07, 6.45) is 0. The van der Waals surface area contributed by atoms with Gasteiger partial charge in [-0.1, -0.05) is 29.3 Å². The van der Waals surface area contributed by atoms with Crippen LogP contribution in [0.15, 0.2) is 36.4 Å². The van der Waals surface area contributed by atoms with Gasteiger partial charge in [0, 0.05) is 11.3 Å².